The van der Waals surface area contributed by atoms with E-state index < -0.39 is 5.60 Å². The second kappa shape index (κ2) is 4.63. The zero-order valence-corrected chi connectivity index (χ0v) is 8.93. The monoisotopic (exact) mass is 225 g/mol. The summed E-state index contributed by atoms with van der Waals surface area (Å²) in [7, 11) is 0. The fraction of sp³-hybridized carbons (Fsp3) is 0.600. The van der Waals surface area contributed by atoms with Crippen molar-refractivity contribution in [1.29, 1.82) is 0 Å². The molecule has 2 rings (SSSR count). The third-order valence-electron chi connectivity index (χ3n) is 2.56. The van der Waals surface area contributed by atoms with E-state index in [1.165, 1.54) is 4.68 Å². The lowest BCUT2D eigenvalue weighted by Gasteiger charge is -2.20. The number of hydrogen-bond acceptors (Lipinski definition) is 4. The summed E-state index contributed by atoms with van der Waals surface area (Å²) in [6.45, 7) is 1.23. The standard InChI is InChI=1S/C10H15N3O3/c14-9(6-13-4-1-3-12-13)11-7-10(15)2-5-16-8-10/h1,3-4,15H,2,5-8H2,(H,11,14). The first-order valence-corrected chi connectivity index (χ1v) is 5.22. The van der Waals surface area contributed by atoms with Crippen LogP contribution in [0.2, 0.25) is 0 Å². The Balaban J connectivity index is 1.75. The minimum Gasteiger partial charge on any atom is -0.386 e. The molecule has 0 aliphatic carbocycles. The van der Waals surface area contributed by atoms with Crippen LogP contribution in [0, 0.1) is 0 Å². The van der Waals surface area contributed by atoms with E-state index in [2.05, 4.69) is 10.4 Å². The average molecular weight is 225 g/mol. The maximum absolute atomic E-state index is 11.5. The summed E-state index contributed by atoms with van der Waals surface area (Å²) in [6, 6.07) is 1.76. The number of aliphatic hydroxyl groups is 1. The SMILES string of the molecule is O=C(Cn1cccn1)NCC1(O)CCOC1. The number of carbonyl (C=O) groups is 1. The number of aromatic nitrogens is 2. The molecule has 1 amide bonds. The van der Waals surface area contributed by atoms with Crippen LogP contribution in [0.3, 0.4) is 0 Å². The summed E-state index contributed by atoms with van der Waals surface area (Å²) in [5.74, 6) is -0.163. The number of ether oxygens (including phenoxy) is 1. The lowest BCUT2D eigenvalue weighted by atomic mass is 10.0. The number of amides is 1. The van der Waals surface area contributed by atoms with Gasteiger partial charge >= 0.3 is 0 Å². The first-order valence-electron chi connectivity index (χ1n) is 5.22. The Bertz CT molecular complexity index is 344. The highest BCUT2D eigenvalue weighted by Gasteiger charge is 2.32. The van der Waals surface area contributed by atoms with E-state index in [0.29, 0.717) is 13.0 Å². The van der Waals surface area contributed by atoms with Crippen LogP contribution in [-0.4, -0.2) is 46.2 Å². The lowest BCUT2D eigenvalue weighted by molar-refractivity contribution is -0.123. The zero-order chi connectivity index (χ0) is 11.4. The van der Waals surface area contributed by atoms with Gasteiger partial charge in [0.25, 0.3) is 0 Å². The molecule has 2 N–H and O–H groups in total. The van der Waals surface area contributed by atoms with E-state index >= 15 is 0 Å². The molecule has 1 aliphatic rings. The topological polar surface area (TPSA) is 76.4 Å². The van der Waals surface area contributed by atoms with Crippen molar-refractivity contribution in [3.05, 3.63) is 18.5 Å². The predicted molar refractivity (Wildman–Crippen MR) is 55.6 cm³/mol. The summed E-state index contributed by atoms with van der Waals surface area (Å²) in [4.78, 5) is 11.5. The molecule has 1 aliphatic heterocycles. The number of nitrogens with one attached hydrogen (secondary N) is 1. The van der Waals surface area contributed by atoms with Crippen molar-refractivity contribution in [2.75, 3.05) is 19.8 Å². The molecule has 2 heterocycles. The van der Waals surface area contributed by atoms with Gasteiger partial charge in [0.1, 0.15) is 12.1 Å². The molecule has 1 aromatic heterocycles. The van der Waals surface area contributed by atoms with Crippen LogP contribution in [-0.2, 0) is 16.1 Å². The molecule has 1 aromatic rings. The van der Waals surface area contributed by atoms with Gasteiger partial charge in [0.15, 0.2) is 0 Å². The lowest BCUT2D eigenvalue weighted by Crippen LogP contribution is -2.44. The first kappa shape index (κ1) is 11.1. The highest BCUT2D eigenvalue weighted by atomic mass is 16.5. The molecule has 1 saturated heterocycles. The maximum Gasteiger partial charge on any atom is 0.241 e. The molecule has 0 radical (unpaired) electrons. The van der Waals surface area contributed by atoms with Crippen LogP contribution in [0.25, 0.3) is 0 Å². The maximum atomic E-state index is 11.5. The number of rotatable bonds is 4. The zero-order valence-electron chi connectivity index (χ0n) is 8.93. The van der Waals surface area contributed by atoms with Crippen molar-refractivity contribution in [1.82, 2.24) is 15.1 Å². The Morgan fingerprint density at radius 2 is 2.56 bits per heavy atom. The van der Waals surface area contributed by atoms with Crippen LogP contribution >= 0.6 is 0 Å². The molecule has 0 aromatic carbocycles. The molecule has 1 atom stereocenters. The van der Waals surface area contributed by atoms with Crippen LogP contribution < -0.4 is 5.32 Å². The molecule has 16 heavy (non-hydrogen) atoms. The minimum atomic E-state index is -0.903. The van der Waals surface area contributed by atoms with E-state index in [0.717, 1.165) is 0 Å². The summed E-state index contributed by atoms with van der Waals surface area (Å²) in [5, 5.41) is 16.5. The molecular formula is C10H15N3O3. The van der Waals surface area contributed by atoms with Gasteiger partial charge in [-0.15, -0.1) is 0 Å². The van der Waals surface area contributed by atoms with Crippen molar-refractivity contribution in [2.45, 2.75) is 18.6 Å². The summed E-state index contributed by atoms with van der Waals surface area (Å²) in [5.41, 5.74) is -0.903. The second-order valence-corrected chi connectivity index (χ2v) is 4.01. The smallest absolute Gasteiger partial charge is 0.241 e. The summed E-state index contributed by atoms with van der Waals surface area (Å²) >= 11 is 0. The largest absolute Gasteiger partial charge is 0.386 e. The van der Waals surface area contributed by atoms with E-state index in [4.69, 9.17) is 4.74 Å². The molecule has 0 saturated carbocycles. The Labute approximate surface area is 93.2 Å². The Morgan fingerprint density at radius 1 is 1.69 bits per heavy atom. The summed E-state index contributed by atoms with van der Waals surface area (Å²) in [6.07, 6.45) is 3.90. The van der Waals surface area contributed by atoms with Gasteiger partial charge in [-0.05, 0) is 6.07 Å². The Morgan fingerprint density at radius 3 is 3.19 bits per heavy atom. The number of carbonyl (C=O) groups excluding carboxylic acids is 1. The predicted octanol–water partition coefficient (Wildman–Crippen LogP) is -0.849. The van der Waals surface area contributed by atoms with E-state index in [1.807, 2.05) is 0 Å². The Hall–Kier alpha value is -1.40. The molecule has 1 fully saturated rings. The molecule has 0 bridgehead atoms. The summed E-state index contributed by atoms with van der Waals surface area (Å²) < 4.78 is 6.61. The van der Waals surface area contributed by atoms with Crippen LogP contribution in [0.5, 0.6) is 0 Å². The van der Waals surface area contributed by atoms with Gasteiger partial charge in [-0.3, -0.25) is 9.48 Å². The molecule has 88 valence electrons. The van der Waals surface area contributed by atoms with Gasteiger partial charge in [0, 0.05) is 32.0 Å². The molecule has 6 heteroatoms. The van der Waals surface area contributed by atoms with Gasteiger partial charge in [-0.25, -0.2) is 0 Å². The highest BCUT2D eigenvalue weighted by Crippen LogP contribution is 2.16. The van der Waals surface area contributed by atoms with E-state index in [9.17, 15) is 9.90 Å². The Kier molecular flexibility index (Phi) is 3.21. The van der Waals surface area contributed by atoms with Gasteiger partial charge in [-0.1, -0.05) is 0 Å². The third-order valence-corrected chi connectivity index (χ3v) is 2.56. The third kappa shape index (κ3) is 2.80. The van der Waals surface area contributed by atoms with E-state index in [-0.39, 0.29) is 25.6 Å². The van der Waals surface area contributed by atoms with Gasteiger partial charge < -0.3 is 15.2 Å². The van der Waals surface area contributed by atoms with Crippen LogP contribution in [0.1, 0.15) is 6.42 Å². The highest BCUT2D eigenvalue weighted by molar-refractivity contribution is 5.75. The van der Waals surface area contributed by atoms with Crippen molar-refractivity contribution >= 4 is 5.91 Å². The van der Waals surface area contributed by atoms with Crippen molar-refractivity contribution in [2.24, 2.45) is 0 Å². The normalized spacial score (nSPS) is 24.6. The average Bonchev–Trinajstić information content (AvgIpc) is 2.88. The van der Waals surface area contributed by atoms with Gasteiger partial charge in [0.05, 0.1) is 6.61 Å². The van der Waals surface area contributed by atoms with Crippen molar-refractivity contribution < 1.29 is 14.6 Å². The quantitative estimate of drug-likeness (QED) is 0.700. The van der Waals surface area contributed by atoms with Crippen LogP contribution in [0.4, 0.5) is 0 Å². The van der Waals surface area contributed by atoms with Gasteiger partial charge in [-0.2, -0.15) is 5.10 Å². The molecule has 0 spiro atoms. The van der Waals surface area contributed by atoms with Crippen molar-refractivity contribution in [3.63, 3.8) is 0 Å². The van der Waals surface area contributed by atoms with Crippen LogP contribution in [0.15, 0.2) is 18.5 Å². The molecular weight excluding hydrogens is 210 g/mol. The van der Waals surface area contributed by atoms with E-state index in [1.54, 1.807) is 18.5 Å². The fourth-order valence-electron chi connectivity index (χ4n) is 1.60. The van der Waals surface area contributed by atoms with Gasteiger partial charge in [0.2, 0.25) is 5.91 Å². The first-order chi connectivity index (χ1) is 7.68. The number of hydrogen-bond donors (Lipinski definition) is 2. The second-order valence-electron chi connectivity index (χ2n) is 4.01. The molecule has 6 nitrogen and oxygen atoms in total. The van der Waals surface area contributed by atoms with Crippen molar-refractivity contribution in [3.8, 4) is 0 Å². The fourth-order valence-corrected chi connectivity index (χ4v) is 1.60. The minimum absolute atomic E-state index is 0.163. The molecule has 1 unspecified atom stereocenters. The number of nitrogens with zero attached hydrogens (tertiary/aromatic N) is 2.